The van der Waals surface area contributed by atoms with E-state index in [1.165, 1.54) is 11.3 Å². The van der Waals surface area contributed by atoms with Crippen LogP contribution in [0, 0.1) is 11.3 Å². The fourth-order valence-corrected chi connectivity index (χ4v) is 2.65. The van der Waals surface area contributed by atoms with E-state index in [0.29, 0.717) is 24.0 Å². The van der Waals surface area contributed by atoms with E-state index in [-0.39, 0.29) is 6.10 Å². The number of hydrogen-bond donors (Lipinski definition) is 1. The standard InChI is InChI=1S/C12H12N4O2S/c13-5-8-4-9(19-7-8)6-14-12-16-15-11(18-12)10-2-1-3-17-10/h4,7,10H,1-3,6H2,(H,14,16). The third-order valence-electron chi connectivity index (χ3n) is 2.84. The van der Waals surface area contributed by atoms with Crippen molar-refractivity contribution in [3.8, 4) is 6.07 Å². The van der Waals surface area contributed by atoms with Crippen molar-refractivity contribution in [1.29, 1.82) is 5.26 Å². The number of thiophene rings is 1. The summed E-state index contributed by atoms with van der Waals surface area (Å²) in [6, 6.07) is 4.33. The van der Waals surface area contributed by atoms with Gasteiger partial charge in [0, 0.05) is 16.9 Å². The van der Waals surface area contributed by atoms with Crippen molar-refractivity contribution in [2.45, 2.75) is 25.5 Å². The molecule has 2 aromatic rings. The highest BCUT2D eigenvalue weighted by Gasteiger charge is 2.23. The number of anilines is 1. The van der Waals surface area contributed by atoms with Crippen molar-refractivity contribution in [1.82, 2.24) is 10.2 Å². The fraction of sp³-hybridized carbons (Fsp3) is 0.417. The summed E-state index contributed by atoms with van der Waals surface area (Å²) in [5.74, 6) is 0.531. The van der Waals surface area contributed by atoms with Crippen LogP contribution in [0.3, 0.4) is 0 Å². The Morgan fingerprint density at radius 2 is 2.47 bits per heavy atom. The molecule has 3 heterocycles. The SMILES string of the molecule is N#Cc1csc(CNc2nnc(C3CCCO3)o2)c1. The normalized spacial score (nSPS) is 18.4. The van der Waals surface area contributed by atoms with Crippen molar-refractivity contribution in [2.24, 2.45) is 0 Å². The molecular weight excluding hydrogens is 264 g/mol. The molecule has 19 heavy (non-hydrogen) atoms. The molecule has 0 bridgehead atoms. The molecule has 0 aliphatic carbocycles. The number of nitrogens with one attached hydrogen (secondary N) is 1. The maximum absolute atomic E-state index is 8.74. The highest BCUT2D eigenvalue weighted by atomic mass is 32.1. The molecule has 1 unspecified atom stereocenters. The van der Waals surface area contributed by atoms with Gasteiger partial charge in [0.15, 0.2) is 0 Å². The predicted octanol–water partition coefficient (Wildman–Crippen LogP) is 2.47. The van der Waals surface area contributed by atoms with Crippen molar-refractivity contribution >= 4 is 17.4 Å². The molecule has 2 aromatic heterocycles. The van der Waals surface area contributed by atoms with Gasteiger partial charge in [0.25, 0.3) is 0 Å². The Morgan fingerprint density at radius 1 is 1.53 bits per heavy atom. The van der Waals surface area contributed by atoms with Crippen LogP contribution in [0.15, 0.2) is 15.9 Å². The van der Waals surface area contributed by atoms with E-state index in [9.17, 15) is 0 Å². The van der Waals surface area contributed by atoms with E-state index in [2.05, 4.69) is 21.6 Å². The van der Waals surface area contributed by atoms with E-state index in [1.807, 2.05) is 11.4 Å². The van der Waals surface area contributed by atoms with Gasteiger partial charge in [0.1, 0.15) is 12.2 Å². The second-order valence-electron chi connectivity index (χ2n) is 4.21. The third-order valence-corrected chi connectivity index (χ3v) is 3.78. The Balaban J connectivity index is 1.59. The molecule has 0 saturated carbocycles. The Morgan fingerprint density at radius 3 is 3.21 bits per heavy atom. The van der Waals surface area contributed by atoms with Gasteiger partial charge in [-0.15, -0.1) is 16.4 Å². The zero-order valence-electron chi connectivity index (χ0n) is 10.1. The molecule has 1 aliphatic rings. The van der Waals surface area contributed by atoms with Gasteiger partial charge in [-0.1, -0.05) is 5.10 Å². The lowest BCUT2D eigenvalue weighted by Crippen LogP contribution is -1.97. The summed E-state index contributed by atoms with van der Waals surface area (Å²) in [6.45, 7) is 1.32. The van der Waals surface area contributed by atoms with E-state index in [4.69, 9.17) is 14.4 Å². The predicted molar refractivity (Wildman–Crippen MR) is 68.6 cm³/mol. The van der Waals surface area contributed by atoms with Gasteiger partial charge >= 0.3 is 6.01 Å². The van der Waals surface area contributed by atoms with Crippen molar-refractivity contribution < 1.29 is 9.15 Å². The van der Waals surface area contributed by atoms with Gasteiger partial charge < -0.3 is 14.5 Å². The summed E-state index contributed by atoms with van der Waals surface area (Å²) in [6.07, 6.45) is 1.90. The molecule has 1 aliphatic heterocycles. The molecule has 1 N–H and O–H groups in total. The molecule has 0 aromatic carbocycles. The summed E-state index contributed by atoms with van der Waals surface area (Å²) in [5.41, 5.74) is 0.673. The van der Waals surface area contributed by atoms with Crippen molar-refractivity contribution in [2.75, 3.05) is 11.9 Å². The Kier molecular flexibility index (Phi) is 3.44. The minimum atomic E-state index is -0.0602. The largest absolute Gasteiger partial charge is 0.405 e. The maximum Gasteiger partial charge on any atom is 0.315 e. The van der Waals surface area contributed by atoms with Gasteiger partial charge in [-0.3, -0.25) is 0 Å². The van der Waals surface area contributed by atoms with E-state index < -0.39 is 0 Å². The molecule has 6 nitrogen and oxygen atoms in total. The average molecular weight is 276 g/mol. The maximum atomic E-state index is 8.74. The first kappa shape index (κ1) is 12.1. The summed E-state index contributed by atoms with van der Waals surface area (Å²) in [5, 5.41) is 21.5. The van der Waals surface area contributed by atoms with Crippen LogP contribution in [0.4, 0.5) is 6.01 Å². The van der Waals surface area contributed by atoms with E-state index >= 15 is 0 Å². The van der Waals surface area contributed by atoms with Crippen LogP contribution in [0.5, 0.6) is 0 Å². The molecule has 1 fully saturated rings. The minimum Gasteiger partial charge on any atom is -0.405 e. The summed E-state index contributed by atoms with van der Waals surface area (Å²) in [4.78, 5) is 1.05. The third kappa shape index (κ3) is 2.75. The van der Waals surface area contributed by atoms with E-state index in [1.54, 1.807) is 0 Å². The van der Waals surface area contributed by atoms with Gasteiger partial charge in [-0.25, -0.2) is 0 Å². The molecule has 98 valence electrons. The summed E-state index contributed by atoms with van der Waals surface area (Å²) >= 11 is 1.53. The highest BCUT2D eigenvalue weighted by molar-refractivity contribution is 7.10. The summed E-state index contributed by atoms with van der Waals surface area (Å²) < 4.78 is 11.0. The lowest BCUT2D eigenvalue weighted by molar-refractivity contribution is 0.0897. The molecule has 0 amide bonds. The second kappa shape index (κ2) is 5.38. The monoisotopic (exact) mass is 276 g/mol. The zero-order valence-corrected chi connectivity index (χ0v) is 10.9. The first-order valence-electron chi connectivity index (χ1n) is 6.01. The number of hydrogen-bond acceptors (Lipinski definition) is 7. The smallest absolute Gasteiger partial charge is 0.315 e. The molecule has 1 atom stereocenters. The Hall–Kier alpha value is -1.91. The second-order valence-corrected chi connectivity index (χ2v) is 5.21. The molecule has 3 rings (SSSR count). The first-order chi connectivity index (χ1) is 9.35. The van der Waals surface area contributed by atoms with Gasteiger partial charge in [-0.2, -0.15) is 5.26 Å². The van der Waals surface area contributed by atoms with Crippen LogP contribution in [-0.2, 0) is 11.3 Å². The van der Waals surface area contributed by atoms with Crippen LogP contribution in [0.2, 0.25) is 0 Å². The zero-order chi connectivity index (χ0) is 13.1. The number of nitriles is 1. The first-order valence-corrected chi connectivity index (χ1v) is 6.89. The average Bonchev–Trinajstić information content (AvgIpc) is 3.16. The number of aromatic nitrogens is 2. The van der Waals surface area contributed by atoms with Crippen LogP contribution in [0.1, 0.15) is 35.3 Å². The molecule has 0 radical (unpaired) electrons. The van der Waals surface area contributed by atoms with Crippen molar-refractivity contribution in [3.63, 3.8) is 0 Å². The molecular formula is C12H12N4O2S. The van der Waals surface area contributed by atoms with Crippen LogP contribution >= 0.6 is 11.3 Å². The molecule has 0 spiro atoms. The highest BCUT2D eigenvalue weighted by Crippen LogP contribution is 2.28. The van der Waals surface area contributed by atoms with Crippen molar-refractivity contribution in [3.05, 3.63) is 27.8 Å². The van der Waals surface area contributed by atoms with E-state index in [0.717, 1.165) is 24.3 Å². The van der Waals surface area contributed by atoms with Gasteiger partial charge in [-0.05, 0) is 18.9 Å². The Labute approximate surface area is 114 Å². The summed E-state index contributed by atoms with van der Waals surface area (Å²) in [7, 11) is 0. The lowest BCUT2D eigenvalue weighted by Gasteiger charge is -2.01. The van der Waals surface area contributed by atoms with Crippen LogP contribution in [-0.4, -0.2) is 16.8 Å². The van der Waals surface area contributed by atoms with Gasteiger partial charge in [0.2, 0.25) is 5.89 Å². The lowest BCUT2D eigenvalue weighted by atomic mass is 10.2. The number of rotatable bonds is 4. The fourth-order valence-electron chi connectivity index (χ4n) is 1.90. The molecule has 7 heteroatoms. The van der Waals surface area contributed by atoms with Crippen LogP contribution < -0.4 is 5.32 Å². The number of nitrogens with zero attached hydrogens (tertiary/aromatic N) is 3. The topological polar surface area (TPSA) is 84.0 Å². The minimum absolute atomic E-state index is 0.0602. The van der Waals surface area contributed by atoms with Crippen LogP contribution in [0.25, 0.3) is 0 Å². The number of ether oxygens (including phenoxy) is 1. The molecule has 1 saturated heterocycles. The Bertz CT molecular complexity index is 595. The van der Waals surface area contributed by atoms with Gasteiger partial charge in [0.05, 0.1) is 12.1 Å². The quantitative estimate of drug-likeness (QED) is 0.923.